The van der Waals surface area contributed by atoms with Crippen LogP contribution in [0, 0.1) is 0 Å². The smallest absolute Gasteiger partial charge is 0.410 e. The molecule has 0 aromatic heterocycles. The van der Waals surface area contributed by atoms with Crippen molar-refractivity contribution in [1.82, 2.24) is 4.90 Å². The molecule has 0 fully saturated rings. The Hall–Kier alpha value is -1.93. The van der Waals surface area contributed by atoms with Crippen LogP contribution in [0.3, 0.4) is 0 Å². The maximum absolute atomic E-state index is 12.6. The molecule has 2 atom stereocenters. The molecule has 8 heteroatoms. The molecule has 188 valence electrons. The molecule has 0 saturated carbocycles. The lowest BCUT2D eigenvalue weighted by Gasteiger charge is -2.24. The standard InChI is InChI=1S/C25H41NO6S/c1-5-8-9-17-33-18-15-26(25(29)32-20(4)6-2)14-16-31-22-12-10-21(11-13-22)19-23(24(27)28)30-7-3/h10-13,20,23H,5-9,14-19H2,1-4H3,(H,27,28). The summed E-state index contributed by atoms with van der Waals surface area (Å²) >= 11 is 1.86. The van der Waals surface area contributed by atoms with Gasteiger partial charge >= 0.3 is 12.1 Å². The van der Waals surface area contributed by atoms with E-state index >= 15 is 0 Å². The number of rotatable bonds is 18. The van der Waals surface area contributed by atoms with Crippen molar-refractivity contribution >= 4 is 23.8 Å². The summed E-state index contributed by atoms with van der Waals surface area (Å²) in [5.74, 6) is 1.69. The van der Waals surface area contributed by atoms with Gasteiger partial charge in [0.15, 0.2) is 6.10 Å². The second kappa shape index (κ2) is 17.5. The molecule has 1 aromatic rings. The third-order valence-corrected chi connectivity index (χ3v) is 6.20. The number of aliphatic carboxylic acids is 1. The summed E-state index contributed by atoms with van der Waals surface area (Å²) in [6.45, 7) is 9.64. The minimum atomic E-state index is -0.968. The van der Waals surface area contributed by atoms with Crippen molar-refractivity contribution in [1.29, 1.82) is 0 Å². The summed E-state index contributed by atoms with van der Waals surface area (Å²) in [7, 11) is 0. The number of benzene rings is 1. The van der Waals surface area contributed by atoms with Gasteiger partial charge in [0.2, 0.25) is 0 Å². The van der Waals surface area contributed by atoms with Gasteiger partial charge in [0, 0.05) is 25.3 Å². The van der Waals surface area contributed by atoms with E-state index in [1.165, 1.54) is 19.3 Å². The summed E-state index contributed by atoms with van der Waals surface area (Å²) in [5, 5.41) is 9.23. The number of ether oxygens (including phenoxy) is 3. The molecule has 1 aromatic carbocycles. The van der Waals surface area contributed by atoms with Crippen molar-refractivity contribution in [3.63, 3.8) is 0 Å². The van der Waals surface area contributed by atoms with Crippen LogP contribution in [0.4, 0.5) is 4.79 Å². The average molecular weight is 484 g/mol. The first-order valence-electron chi connectivity index (χ1n) is 12.0. The summed E-state index contributed by atoms with van der Waals surface area (Å²) in [5.41, 5.74) is 0.863. The van der Waals surface area contributed by atoms with Gasteiger partial charge in [-0.05, 0) is 50.1 Å². The highest BCUT2D eigenvalue weighted by atomic mass is 32.2. The highest BCUT2D eigenvalue weighted by molar-refractivity contribution is 7.99. The molecular formula is C25H41NO6S. The van der Waals surface area contributed by atoms with Gasteiger partial charge in [0.1, 0.15) is 18.5 Å². The Balaban J connectivity index is 2.54. The SMILES string of the molecule is CCCCCSCCN(CCOc1ccc(CC(OCC)C(=O)O)cc1)C(=O)OC(C)CC. The first-order valence-corrected chi connectivity index (χ1v) is 13.2. The number of carbonyl (C=O) groups excluding carboxylic acids is 1. The molecule has 0 heterocycles. The number of unbranched alkanes of at least 4 members (excludes halogenated alkanes) is 2. The lowest BCUT2D eigenvalue weighted by molar-refractivity contribution is -0.149. The molecule has 0 aliphatic carbocycles. The van der Waals surface area contributed by atoms with Gasteiger partial charge in [0.05, 0.1) is 6.54 Å². The van der Waals surface area contributed by atoms with Crippen molar-refractivity contribution in [2.75, 3.05) is 37.8 Å². The second-order valence-electron chi connectivity index (χ2n) is 7.89. The van der Waals surface area contributed by atoms with Gasteiger partial charge in [-0.2, -0.15) is 11.8 Å². The van der Waals surface area contributed by atoms with E-state index in [0.29, 0.717) is 38.5 Å². The zero-order valence-corrected chi connectivity index (χ0v) is 21.4. The highest BCUT2D eigenvalue weighted by Gasteiger charge is 2.19. The van der Waals surface area contributed by atoms with Crippen LogP contribution in [0.15, 0.2) is 24.3 Å². The van der Waals surface area contributed by atoms with E-state index < -0.39 is 12.1 Å². The summed E-state index contributed by atoms with van der Waals surface area (Å²) in [4.78, 5) is 25.5. The molecule has 0 saturated heterocycles. The minimum Gasteiger partial charge on any atom is -0.492 e. The number of amides is 1. The molecule has 7 nitrogen and oxygen atoms in total. The second-order valence-corrected chi connectivity index (χ2v) is 9.11. The maximum atomic E-state index is 12.6. The molecule has 0 radical (unpaired) electrons. The predicted molar refractivity (Wildman–Crippen MR) is 133 cm³/mol. The summed E-state index contributed by atoms with van der Waals surface area (Å²) < 4.78 is 16.6. The number of carboxylic acid groups (broad SMARTS) is 1. The van der Waals surface area contributed by atoms with Crippen LogP contribution in [0.25, 0.3) is 0 Å². The van der Waals surface area contributed by atoms with Gasteiger partial charge in [-0.1, -0.05) is 38.8 Å². The van der Waals surface area contributed by atoms with Crippen molar-refractivity contribution in [3.05, 3.63) is 29.8 Å². The topological polar surface area (TPSA) is 85.3 Å². The molecule has 0 spiro atoms. The van der Waals surface area contributed by atoms with E-state index in [4.69, 9.17) is 14.2 Å². The molecule has 1 N–H and O–H groups in total. The van der Waals surface area contributed by atoms with Crippen LogP contribution in [0.5, 0.6) is 5.75 Å². The molecule has 33 heavy (non-hydrogen) atoms. The first kappa shape index (κ1) is 29.1. The molecule has 0 aliphatic rings. The average Bonchev–Trinajstić information content (AvgIpc) is 2.80. The Morgan fingerprint density at radius 1 is 1.06 bits per heavy atom. The normalized spacial score (nSPS) is 12.7. The van der Waals surface area contributed by atoms with Crippen LogP contribution < -0.4 is 4.74 Å². The molecule has 0 aliphatic heterocycles. The van der Waals surface area contributed by atoms with Crippen LogP contribution in [-0.2, 0) is 20.7 Å². The number of hydrogen-bond donors (Lipinski definition) is 1. The van der Waals surface area contributed by atoms with Crippen LogP contribution >= 0.6 is 11.8 Å². The number of carbonyl (C=O) groups is 2. The van der Waals surface area contributed by atoms with Gasteiger partial charge in [-0.15, -0.1) is 0 Å². The Morgan fingerprint density at radius 2 is 1.79 bits per heavy atom. The first-order chi connectivity index (χ1) is 15.9. The largest absolute Gasteiger partial charge is 0.492 e. The van der Waals surface area contributed by atoms with E-state index in [1.54, 1.807) is 11.8 Å². The summed E-state index contributed by atoms with van der Waals surface area (Å²) in [6.07, 6.45) is 3.46. The Bertz CT molecular complexity index is 669. The van der Waals surface area contributed by atoms with E-state index in [0.717, 1.165) is 23.5 Å². The van der Waals surface area contributed by atoms with Gasteiger partial charge in [-0.3, -0.25) is 0 Å². The lowest BCUT2D eigenvalue weighted by atomic mass is 10.1. The van der Waals surface area contributed by atoms with Gasteiger partial charge in [-0.25, -0.2) is 9.59 Å². The van der Waals surface area contributed by atoms with Crippen molar-refractivity contribution < 1.29 is 28.9 Å². The third-order valence-electron chi connectivity index (χ3n) is 5.15. The van der Waals surface area contributed by atoms with Crippen LogP contribution in [-0.4, -0.2) is 72.1 Å². The number of hydrogen-bond acceptors (Lipinski definition) is 6. The van der Waals surface area contributed by atoms with E-state index in [1.807, 2.05) is 49.9 Å². The number of nitrogens with zero attached hydrogens (tertiary/aromatic N) is 1. The van der Waals surface area contributed by atoms with Crippen molar-refractivity contribution in [2.24, 2.45) is 0 Å². The van der Waals surface area contributed by atoms with Gasteiger partial charge in [0.25, 0.3) is 0 Å². The quantitative estimate of drug-likeness (QED) is 0.285. The zero-order chi connectivity index (χ0) is 24.5. The monoisotopic (exact) mass is 483 g/mol. The fourth-order valence-electron chi connectivity index (χ4n) is 2.98. The number of carboxylic acids is 1. The lowest BCUT2D eigenvalue weighted by Crippen LogP contribution is -2.38. The van der Waals surface area contributed by atoms with Crippen molar-refractivity contribution in [2.45, 2.75) is 72.0 Å². The molecular weight excluding hydrogens is 442 g/mol. The van der Waals surface area contributed by atoms with Crippen LogP contribution in [0.2, 0.25) is 0 Å². The highest BCUT2D eigenvalue weighted by Crippen LogP contribution is 2.15. The molecule has 2 unspecified atom stereocenters. The minimum absolute atomic E-state index is 0.114. The number of thioether (sulfide) groups is 1. The molecule has 1 rings (SSSR count). The van der Waals surface area contributed by atoms with E-state index in [-0.39, 0.29) is 12.2 Å². The molecule has 1 amide bonds. The fraction of sp³-hybridized carbons (Fsp3) is 0.680. The van der Waals surface area contributed by atoms with Crippen molar-refractivity contribution in [3.8, 4) is 5.75 Å². The predicted octanol–water partition coefficient (Wildman–Crippen LogP) is 5.26. The Morgan fingerprint density at radius 3 is 2.39 bits per heavy atom. The third kappa shape index (κ3) is 12.8. The fourth-order valence-corrected chi connectivity index (χ4v) is 3.95. The molecule has 0 bridgehead atoms. The maximum Gasteiger partial charge on any atom is 0.410 e. The Kier molecular flexibility index (Phi) is 15.5. The summed E-state index contributed by atoms with van der Waals surface area (Å²) in [6, 6.07) is 7.30. The van der Waals surface area contributed by atoms with E-state index in [9.17, 15) is 14.7 Å². The van der Waals surface area contributed by atoms with Gasteiger partial charge < -0.3 is 24.2 Å². The van der Waals surface area contributed by atoms with Crippen LogP contribution in [0.1, 0.15) is 58.9 Å². The Labute approximate surface area is 203 Å². The van der Waals surface area contributed by atoms with E-state index in [2.05, 4.69) is 6.92 Å². The zero-order valence-electron chi connectivity index (χ0n) is 20.6.